The van der Waals surface area contributed by atoms with Crippen LogP contribution in [0.1, 0.15) is 85.0 Å². The molecule has 0 aromatic rings. The highest BCUT2D eigenvalue weighted by Crippen LogP contribution is 2.12. The second-order valence-corrected chi connectivity index (χ2v) is 5.10. The van der Waals surface area contributed by atoms with Crippen LogP contribution in [-0.2, 0) is 4.79 Å². The lowest BCUT2D eigenvalue weighted by molar-refractivity contribution is -0.119. The van der Waals surface area contributed by atoms with Crippen molar-refractivity contribution >= 4 is 5.91 Å². The van der Waals surface area contributed by atoms with Gasteiger partial charge in [0.2, 0.25) is 5.91 Å². The molecule has 2 nitrogen and oxygen atoms in total. The van der Waals surface area contributed by atoms with Gasteiger partial charge >= 0.3 is 0 Å². The predicted octanol–water partition coefficient (Wildman–Crippen LogP) is 4.43. The Kier molecular flexibility index (Phi) is 11.6. The molecule has 0 fully saturated rings. The minimum absolute atomic E-state index is 0.125. The van der Waals surface area contributed by atoms with Crippen LogP contribution in [0.5, 0.6) is 0 Å². The van der Waals surface area contributed by atoms with E-state index in [1.165, 1.54) is 51.4 Å². The standard InChI is InChI=1S/C15H31NO/c1-4-6-8-9-11-13-15(16-14(3)17)12-10-7-5-2/h15H,4-13H2,1-3H3,(H,16,17)/t15-/m0/s1. The highest BCUT2D eigenvalue weighted by atomic mass is 16.1. The van der Waals surface area contributed by atoms with Gasteiger partial charge in [-0.05, 0) is 12.8 Å². The van der Waals surface area contributed by atoms with Gasteiger partial charge in [0.05, 0.1) is 0 Å². The average molecular weight is 241 g/mol. The van der Waals surface area contributed by atoms with E-state index < -0.39 is 0 Å². The fourth-order valence-corrected chi connectivity index (χ4v) is 2.21. The van der Waals surface area contributed by atoms with Crippen molar-refractivity contribution in [2.75, 3.05) is 0 Å². The number of carbonyl (C=O) groups is 1. The van der Waals surface area contributed by atoms with Crippen LogP contribution in [0.2, 0.25) is 0 Å². The Morgan fingerprint density at radius 1 is 0.882 bits per heavy atom. The minimum atomic E-state index is 0.125. The first-order valence-corrected chi connectivity index (χ1v) is 7.47. The van der Waals surface area contributed by atoms with Gasteiger partial charge in [-0.25, -0.2) is 0 Å². The number of carbonyl (C=O) groups excluding carboxylic acids is 1. The van der Waals surface area contributed by atoms with Crippen LogP contribution in [0.3, 0.4) is 0 Å². The minimum Gasteiger partial charge on any atom is -0.354 e. The molecular weight excluding hydrogens is 210 g/mol. The summed E-state index contributed by atoms with van der Waals surface area (Å²) >= 11 is 0. The molecule has 0 bridgehead atoms. The van der Waals surface area contributed by atoms with Gasteiger partial charge in [-0.15, -0.1) is 0 Å². The summed E-state index contributed by atoms with van der Waals surface area (Å²) < 4.78 is 0. The smallest absolute Gasteiger partial charge is 0.217 e. The average Bonchev–Trinajstić information content (AvgIpc) is 2.28. The van der Waals surface area contributed by atoms with E-state index in [0.29, 0.717) is 6.04 Å². The number of amides is 1. The van der Waals surface area contributed by atoms with E-state index in [9.17, 15) is 4.79 Å². The highest BCUT2D eigenvalue weighted by Gasteiger charge is 2.08. The second kappa shape index (κ2) is 11.9. The van der Waals surface area contributed by atoms with E-state index in [2.05, 4.69) is 19.2 Å². The van der Waals surface area contributed by atoms with Crippen molar-refractivity contribution in [3.05, 3.63) is 0 Å². The molecule has 0 radical (unpaired) electrons. The third kappa shape index (κ3) is 11.7. The fourth-order valence-electron chi connectivity index (χ4n) is 2.21. The Balaban J connectivity index is 3.65. The molecule has 2 heteroatoms. The van der Waals surface area contributed by atoms with Gasteiger partial charge in [-0.3, -0.25) is 4.79 Å². The maximum Gasteiger partial charge on any atom is 0.217 e. The predicted molar refractivity (Wildman–Crippen MR) is 75.1 cm³/mol. The molecule has 102 valence electrons. The first-order chi connectivity index (χ1) is 8.20. The topological polar surface area (TPSA) is 29.1 Å². The Morgan fingerprint density at radius 2 is 1.35 bits per heavy atom. The van der Waals surface area contributed by atoms with Crippen molar-refractivity contribution < 1.29 is 4.79 Å². The molecule has 0 saturated heterocycles. The molecule has 0 unspecified atom stereocenters. The van der Waals surface area contributed by atoms with Crippen LogP contribution in [0, 0.1) is 0 Å². The van der Waals surface area contributed by atoms with Gasteiger partial charge in [0.15, 0.2) is 0 Å². The van der Waals surface area contributed by atoms with Crippen LogP contribution >= 0.6 is 0 Å². The third-order valence-electron chi connectivity index (χ3n) is 3.22. The van der Waals surface area contributed by atoms with E-state index in [1.807, 2.05) is 0 Å². The molecule has 0 saturated carbocycles. The molecule has 0 aliphatic heterocycles. The Bertz CT molecular complexity index is 180. The summed E-state index contributed by atoms with van der Waals surface area (Å²) in [4.78, 5) is 11.1. The lowest BCUT2D eigenvalue weighted by Gasteiger charge is -2.17. The first-order valence-electron chi connectivity index (χ1n) is 7.47. The van der Waals surface area contributed by atoms with Crippen molar-refractivity contribution in [3.8, 4) is 0 Å². The molecule has 17 heavy (non-hydrogen) atoms. The molecule has 1 amide bonds. The van der Waals surface area contributed by atoms with Crippen LogP contribution in [-0.4, -0.2) is 11.9 Å². The number of hydrogen-bond donors (Lipinski definition) is 1. The maximum absolute atomic E-state index is 11.1. The van der Waals surface area contributed by atoms with Gasteiger partial charge in [0.1, 0.15) is 0 Å². The lowest BCUT2D eigenvalue weighted by atomic mass is 10.0. The van der Waals surface area contributed by atoms with Gasteiger partial charge in [-0.2, -0.15) is 0 Å². The summed E-state index contributed by atoms with van der Waals surface area (Å²) in [5.74, 6) is 0.125. The molecule has 0 heterocycles. The quantitative estimate of drug-likeness (QED) is 0.533. The van der Waals surface area contributed by atoms with E-state index in [0.717, 1.165) is 12.8 Å². The molecule has 0 rings (SSSR count). The zero-order valence-corrected chi connectivity index (χ0v) is 12.1. The maximum atomic E-state index is 11.1. The van der Waals surface area contributed by atoms with Crippen molar-refractivity contribution in [3.63, 3.8) is 0 Å². The second-order valence-electron chi connectivity index (χ2n) is 5.10. The summed E-state index contributed by atoms with van der Waals surface area (Å²) in [7, 11) is 0. The number of nitrogens with one attached hydrogen (secondary N) is 1. The largest absolute Gasteiger partial charge is 0.354 e. The van der Waals surface area contributed by atoms with Crippen molar-refractivity contribution in [2.24, 2.45) is 0 Å². The first kappa shape index (κ1) is 16.5. The van der Waals surface area contributed by atoms with Crippen molar-refractivity contribution in [1.29, 1.82) is 0 Å². The molecule has 0 spiro atoms. The van der Waals surface area contributed by atoms with Crippen molar-refractivity contribution in [2.45, 2.75) is 91.0 Å². The van der Waals surface area contributed by atoms with Crippen molar-refractivity contribution in [1.82, 2.24) is 5.32 Å². The van der Waals surface area contributed by atoms with E-state index in [-0.39, 0.29) is 5.91 Å². The molecule has 0 aromatic carbocycles. The summed E-state index contributed by atoms with van der Waals surface area (Å²) in [6.07, 6.45) is 12.7. The molecule has 1 atom stereocenters. The van der Waals surface area contributed by atoms with Crippen LogP contribution in [0.25, 0.3) is 0 Å². The number of rotatable bonds is 11. The summed E-state index contributed by atoms with van der Waals surface area (Å²) in [5, 5.41) is 3.09. The Hall–Kier alpha value is -0.530. The van der Waals surface area contributed by atoms with Gasteiger partial charge in [0, 0.05) is 13.0 Å². The zero-order chi connectivity index (χ0) is 12.9. The molecule has 0 aromatic heterocycles. The van der Waals surface area contributed by atoms with Gasteiger partial charge < -0.3 is 5.32 Å². The van der Waals surface area contributed by atoms with E-state index in [1.54, 1.807) is 6.92 Å². The van der Waals surface area contributed by atoms with Gasteiger partial charge in [0.25, 0.3) is 0 Å². The Morgan fingerprint density at radius 3 is 1.88 bits per heavy atom. The third-order valence-corrected chi connectivity index (χ3v) is 3.22. The monoisotopic (exact) mass is 241 g/mol. The summed E-state index contributed by atoms with van der Waals surface area (Å²) in [6, 6.07) is 0.417. The summed E-state index contributed by atoms with van der Waals surface area (Å²) in [6.45, 7) is 6.09. The van der Waals surface area contributed by atoms with Gasteiger partial charge in [-0.1, -0.05) is 65.2 Å². The lowest BCUT2D eigenvalue weighted by Crippen LogP contribution is -2.32. The fraction of sp³-hybridized carbons (Fsp3) is 0.933. The molecule has 0 aliphatic rings. The highest BCUT2D eigenvalue weighted by molar-refractivity contribution is 5.73. The molecular formula is C15H31NO. The molecule has 0 aliphatic carbocycles. The Labute approximate surface area is 108 Å². The normalized spacial score (nSPS) is 12.4. The number of hydrogen-bond acceptors (Lipinski definition) is 1. The summed E-state index contributed by atoms with van der Waals surface area (Å²) in [5.41, 5.74) is 0. The molecule has 1 N–H and O–H groups in total. The van der Waals surface area contributed by atoms with Crippen LogP contribution < -0.4 is 5.32 Å². The zero-order valence-electron chi connectivity index (χ0n) is 12.1. The van der Waals surface area contributed by atoms with Crippen LogP contribution in [0.15, 0.2) is 0 Å². The van der Waals surface area contributed by atoms with Crippen LogP contribution in [0.4, 0.5) is 0 Å². The number of unbranched alkanes of at least 4 members (excludes halogenated alkanes) is 6. The SMILES string of the molecule is CCCCCCC[C@H](CCCCC)NC(C)=O. The van der Waals surface area contributed by atoms with E-state index >= 15 is 0 Å². The van der Waals surface area contributed by atoms with E-state index in [4.69, 9.17) is 0 Å².